The molecule has 0 unspecified atom stereocenters. The van der Waals surface area contributed by atoms with Crippen molar-refractivity contribution in [2.45, 2.75) is 25.7 Å². The van der Waals surface area contributed by atoms with E-state index in [-0.39, 0.29) is 0 Å². The molecule has 0 amide bonds. The predicted octanol–water partition coefficient (Wildman–Crippen LogP) is 3.65. The Labute approximate surface area is 136 Å². The normalized spacial score (nSPS) is 16.2. The molecule has 1 fully saturated rings. The molecule has 1 saturated heterocycles. The molecule has 0 saturated carbocycles. The summed E-state index contributed by atoms with van der Waals surface area (Å²) in [4.78, 5) is 2.49. The molecule has 0 bridgehead atoms. The average Bonchev–Trinajstić information content (AvgIpc) is 2.63. The summed E-state index contributed by atoms with van der Waals surface area (Å²) in [6.45, 7) is 3.32. The molecule has 1 aliphatic rings. The number of hydrogen-bond acceptors (Lipinski definition) is 2. The number of rotatable bonds is 3. The lowest BCUT2D eigenvalue weighted by Crippen LogP contribution is -2.37. The average molecular weight is 306 g/mol. The molecule has 2 aromatic carbocycles. The molecular weight excluding hydrogens is 284 g/mol. The highest BCUT2D eigenvalue weighted by molar-refractivity contribution is 6.04. The molecule has 3 heteroatoms. The Morgan fingerprint density at radius 2 is 1.48 bits per heavy atom. The second-order valence-corrected chi connectivity index (χ2v) is 6.46. The van der Waals surface area contributed by atoms with Gasteiger partial charge in [0.25, 0.3) is 0 Å². The van der Waals surface area contributed by atoms with Gasteiger partial charge in [-0.05, 0) is 38.1 Å². The second-order valence-electron chi connectivity index (χ2n) is 6.46. The molecule has 1 aliphatic heterocycles. The van der Waals surface area contributed by atoms with Crippen molar-refractivity contribution in [3.63, 3.8) is 0 Å². The van der Waals surface area contributed by atoms with E-state index in [1.807, 2.05) is 30.3 Å². The van der Waals surface area contributed by atoms with Crippen LogP contribution in [0.5, 0.6) is 0 Å². The van der Waals surface area contributed by atoms with Crippen molar-refractivity contribution >= 4 is 21.7 Å². The number of aromatic nitrogens is 1. The van der Waals surface area contributed by atoms with Gasteiger partial charge in [0.05, 0.1) is 10.8 Å². The largest absolute Gasteiger partial charge is 0.618 e. The molecule has 0 N–H and O–H groups in total. The van der Waals surface area contributed by atoms with Gasteiger partial charge < -0.3 is 10.1 Å². The zero-order valence-corrected chi connectivity index (χ0v) is 13.4. The fourth-order valence-corrected chi connectivity index (χ4v) is 3.79. The highest BCUT2D eigenvalue weighted by Crippen LogP contribution is 2.25. The Morgan fingerprint density at radius 3 is 2.26 bits per heavy atom. The lowest BCUT2D eigenvalue weighted by molar-refractivity contribution is -0.584. The number of fused-ring (bicyclic) bond motifs is 3. The summed E-state index contributed by atoms with van der Waals surface area (Å²) >= 11 is 0. The maximum atomic E-state index is 12.9. The number of benzene rings is 2. The van der Waals surface area contributed by atoms with Gasteiger partial charge in [-0.3, -0.25) is 0 Å². The number of para-hydroxylation sites is 1. The van der Waals surface area contributed by atoms with E-state index in [1.165, 1.54) is 37.7 Å². The van der Waals surface area contributed by atoms with Gasteiger partial charge in [-0.1, -0.05) is 36.8 Å². The first-order chi connectivity index (χ1) is 11.3. The highest BCUT2D eigenvalue weighted by atomic mass is 16.5. The van der Waals surface area contributed by atoms with Crippen LogP contribution < -0.4 is 4.73 Å². The molecule has 2 heterocycles. The molecule has 0 spiro atoms. The number of nitrogens with zero attached hydrogens (tertiary/aromatic N) is 2. The zero-order valence-electron chi connectivity index (χ0n) is 13.4. The number of pyridine rings is 1. The predicted molar refractivity (Wildman–Crippen MR) is 94.4 cm³/mol. The van der Waals surface area contributed by atoms with E-state index < -0.39 is 0 Å². The van der Waals surface area contributed by atoms with E-state index in [9.17, 15) is 5.21 Å². The standard InChI is InChI=1S/C20H22N2O/c23-22-19-11-5-4-10-17(19)16-8-2-3-9-18(16)20(22)12-15-21-13-6-1-7-14-21/h2-5,8-11H,1,6-7,12-15H2. The number of piperidine rings is 1. The minimum absolute atomic E-state index is 0.778. The van der Waals surface area contributed by atoms with E-state index in [4.69, 9.17) is 0 Å². The van der Waals surface area contributed by atoms with Gasteiger partial charge in [0, 0.05) is 24.4 Å². The van der Waals surface area contributed by atoms with Crippen LogP contribution in [0.2, 0.25) is 0 Å². The van der Waals surface area contributed by atoms with Crippen LogP contribution in [0.3, 0.4) is 0 Å². The van der Waals surface area contributed by atoms with Crippen LogP contribution in [0.1, 0.15) is 25.0 Å². The van der Waals surface area contributed by atoms with Crippen LogP contribution in [0.25, 0.3) is 21.7 Å². The Hall–Kier alpha value is -2.13. The third-order valence-corrected chi connectivity index (χ3v) is 5.01. The maximum Gasteiger partial charge on any atom is 0.224 e. The lowest BCUT2D eigenvalue weighted by Gasteiger charge is -2.26. The summed E-state index contributed by atoms with van der Waals surface area (Å²) in [5, 5.41) is 16.2. The summed E-state index contributed by atoms with van der Waals surface area (Å²) in [6.07, 6.45) is 4.73. The van der Waals surface area contributed by atoms with Gasteiger partial charge in [0.15, 0.2) is 0 Å². The molecule has 4 rings (SSSR count). The summed E-state index contributed by atoms with van der Waals surface area (Å²) in [6, 6.07) is 16.2. The minimum atomic E-state index is 0.778. The van der Waals surface area contributed by atoms with Crippen molar-refractivity contribution in [1.82, 2.24) is 4.90 Å². The fourth-order valence-electron chi connectivity index (χ4n) is 3.79. The second kappa shape index (κ2) is 6.17. The summed E-state index contributed by atoms with van der Waals surface area (Å²) < 4.78 is 1.15. The van der Waals surface area contributed by atoms with E-state index in [1.54, 1.807) is 0 Å². The molecule has 23 heavy (non-hydrogen) atoms. The van der Waals surface area contributed by atoms with Crippen LogP contribution in [0.15, 0.2) is 48.5 Å². The van der Waals surface area contributed by atoms with Crippen molar-refractivity contribution in [2.75, 3.05) is 19.6 Å². The molecule has 1 aromatic heterocycles. The van der Waals surface area contributed by atoms with Crippen molar-refractivity contribution in [3.05, 3.63) is 59.4 Å². The Kier molecular flexibility index (Phi) is 3.88. The summed E-state index contributed by atoms with van der Waals surface area (Å²) in [7, 11) is 0. The van der Waals surface area contributed by atoms with Gasteiger partial charge in [-0.2, -0.15) is 4.73 Å². The van der Waals surface area contributed by atoms with Gasteiger partial charge in [0.1, 0.15) is 0 Å². The van der Waals surface area contributed by atoms with E-state index >= 15 is 0 Å². The van der Waals surface area contributed by atoms with E-state index in [0.29, 0.717) is 0 Å². The van der Waals surface area contributed by atoms with Crippen LogP contribution in [-0.4, -0.2) is 24.5 Å². The fraction of sp³-hybridized carbons (Fsp3) is 0.350. The Morgan fingerprint density at radius 1 is 0.826 bits per heavy atom. The van der Waals surface area contributed by atoms with Crippen molar-refractivity contribution in [2.24, 2.45) is 0 Å². The SMILES string of the molecule is [O-][n+]1c(CCN2CCCCC2)c2ccccc2c2ccccc21. The van der Waals surface area contributed by atoms with Crippen molar-refractivity contribution in [1.29, 1.82) is 0 Å². The molecular formula is C20H22N2O. The first kappa shape index (κ1) is 14.5. The quantitative estimate of drug-likeness (QED) is 0.420. The zero-order chi connectivity index (χ0) is 15.6. The van der Waals surface area contributed by atoms with Gasteiger partial charge >= 0.3 is 0 Å². The molecule has 0 radical (unpaired) electrons. The highest BCUT2D eigenvalue weighted by Gasteiger charge is 2.19. The van der Waals surface area contributed by atoms with Crippen molar-refractivity contribution in [3.8, 4) is 0 Å². The monoisotopic (exact) mass is 306 g/mol. The topological polar surface area (TPSA) is 30.2 Å². The van der Waals surface area contributed by atoms with Crippen LogP contribution in [0, 0.1) is 5.21 Å². The van der Waals surface area contributed by atoms with Crippen molar-refractivity contribution < 1.29 is 4.73 Å². The van der Waals surface area contributed by atoms with Crippen LogP contribution >= 0.6 is 0 Å². The number of likely N-dealkylation sites (tertiary alicyclic amines) is 1. The molecule has 0 atom stereocenters. The molecule has 3 aromatic rings. The third-order valence-electron chi connectivity index (χ3n) is 5.01. The summed E-state index contributed by atoms with van der Waals surface area (Å²) in [5.74, 6) is 0. The first-order valence-electron chi connectivity index (χ1n) is 8.59. The molecule has 0 aliphatic carbocycles. The maximum absolute atomic E-state index is 12.9. The smallest absolute Gasteiger partial charge is 0.224 e. The minimum Gasteiger partial charge on any atom is -0.618 e. The van der Waals surface area contributed by atoms with Crippen LogP contribution in [0.4, 0.5) is 0 Å². The lowest BCUT2D eigenvalue weighted by atomic mass is 10.0. The third kappa shape index (κ3) is 2.66. The molecule has 118 valence electrons. The Bertz CT molecular complexity index is 838. The van der Waals surface area contributed by atoms with Crippen LogP contribution in [-0.2, 0) is 6.42 Å². The Balaban J connectivity index is 1.78. The van der Waals surface area contributed by atoms with Gasteiger partial charge in [-0.25, -0.2) is 0 Å². The first-order valence-corrected chi connectivity index (χ1v) is 8.59. The number of hydrogen-bond donors (Lipinski definition) is 0. The van der Waals surface area contributed by atoms with E-state index in [2.05, 4.69) is 23.1 Å². The summed E-state index contributed by atoms with van der Waals surface area (Å²) in [5.41, 5.74) is 1.68. The van der Waals surface area contributed by atoms with Gasteiger partial charge in [-0.15, -0.1) is 0 Å². The van der Waals surface area contributed by atoms with Gasteiger partial charge in [0.2, 0.25) is 11.2 Å². The van der Waals surface area contributed by atoms with E-state index in [0.717, 1.165) is 39.7 Å². The molecule has 3 nitrogen and oxygen atoms in total.